The average molecular weight is 363 g/mol. The number of anilines is 1. The van der Waals surface area contributed by atoms with Crippen molar-refractivity contribution in [3.8, 4) is 0 Å². The number of aromatic nitrogens is 3. The van der Waals surface area contributed by atoms with E-state index in [1.165, 1.54) is 0 Å². The predicted octanol–water partition coefficient (Wildman–Crippen LogP) is 1.83. The third-order valence-corrected chi connectivity index (χ3v) is 4.82. The summed E-state index contributed by atoms with van der Waals surface area (Å²) < 4.78 is 1.95. The first-order valence-corrected chi connectivity index (χ1v) is 9.14. The van der Waals surface area contributed by atoms with E-state index >= 15 is 0 Å². The predicted molar refractivity (Wildman–Crippen MR) is 101 cm³/mol. The molecule has 1 unspecified atom stereocenters. The van der Waals surface area contributed by atoms with Gasteiger partial charge in [0.25, 0.3) is 0 Å². The molecule has 0 aliphatic carbocycles. The van der Waals surface area contributed by atoms with E-state index in [1.807, 2.05) is 59.1 Å². The Morgan fingerprint density at radius 2 is 1.93 bits per heavy atom. The monoisotopic (exact) mass is 363 g/mol. The highest BCUT2D eigenvalue weighted by Gasteiger charge is 2.34. The van der Waals surface area contributed by atoms with Gasteiger partial charge in [0.2, 0.25) is 11.8 Å². The Morgan fingerprint density at radius 1 is 1.11 bits per heavy atom. The molecule has 0 radical (unpaired) electrons. The number of pyridine rings is 1. The molecule has 1 N–H and O–H groups in total. The van der Waals surface area contributed by atoms with Gasteiger partial charge < -0.3 is 10.2 Å². The fraction of sp³-hybridized carbons (Fsp3) is 0.300. The summed E-state index contributed by atoms with van der Waals surface area (Å²) in [5.74, 6) is 0.516. The van der Waals surface area contributed by atoms with Crippen LogP contribution >= 0.6 is 0 Å². The van der Waals surface area contributed by atoms with E-state index in [9.17, 15) is 9.59 Å². The summed E-state index contributed by atoms with van der Waals surface area (Å²) in [6.07, 6.45) is 3.69. The van der Waals surface area contributed by atoms with Crippen LogP contribution in [0.3, 0.4) is 0 Å². The molecule has 1 aliphatic rings. The molecule has 0 bridgehead atoms. The minimum Gasteiger partial charge on any atom is -0.356 e. The molecule has 0 spiro atoms. The molecule has 138 valence electrons. The van der Waals surface area contributed by atoms with Crippen LogP contribution in [0.4, 0.5) is 5.69 Å². The third kappa shape index (κ3) is 3.67. The van der Waals surface area contributed by atoms with Crippen molar-refractivity contribution in [2.75, 3.05) is 18.0 Å². The zero-order valence-electron chi connectivity index (χ0n) is 14.9. The fourth-order valence-electron chi connectivity index (χ4n) is 3.40. The number of aryl methyl sites for hydroxylation is 1. The molecule has 1 aromatic carbocycles. The fourth-order valence-corrected chi connectivity index (χ4v) is 3.40. The maximum Gasteiger partial charge on any atom is 0.227 e. The first-order chi connectivity index (χ1) is 13.2. The van der Waals surface area contributed by atoms with E-state index in [0.29, 0.717) is 13.1 Å². The molecule has 1 aliphatic heterocycles. The van der Waals surface area contributed by atoms with Crippen LogP contribution in [0.5, 0.6) is 0 Å². The van der Waals surface area contributed by atoms with Gasteiger partial charge in [-0.05, 0) is 30.7 Å². The van der Waals surface area contributed by atoms with Crippen LogP contribution in [0.2, 0.25) is 0 Å². The van der Waals surface area contributed by atoms with E-state index in [2.05, 4.69) is 15.5 Å². The highest BCUT2D eigenvalue weighted by Crippen LogP contribution is 2.24. The molecule has 1 atom stereocenters. The molecule has 1 saturated heterocycles. The molecular formula is C20H21N5O2. The van der Waals surface area contributed by atoms with Crippen LogP contribution in [0.15, 0.2) is 54.7 Å². The number of nitrogens with one attached hydrogen (secondary N) is 1. The molecular weight excluding hydrogens is 342 g/mol. The highest BCUT2D eigenvalue weighted by atomic mass is 16.2. The van der Waals surface area contributed by atoms with Gasteiger partial charge in [-0.25, -0.2) is 0 Å². The number of amides is 2. The minimum absolute atomic E-state index is 0.00344. The molecule has 27 heavy (non-hydrogen) atoms. The Kier molecular flexibility index (Phi) is 4.82. The van der Waals surface area contributed by atoms with Gasteiger partial charge >= 0.3 is 0 Å². The number of nitrogens with zero attached hydrogens (tertiary/aromatic N) is 4. The molecule has 7 nitrogen and oxygen atoms in total. The van der Waals surface area contributed by atoms with Crippen molar-refractivity contribution in [3.05, 3.63) is 60.6 Å². The SMILES string of the molecule is O=C(NCCCc1nnc2ccccn12)C1CC(=O)N(c2ccccc2)C1. The van der Waals surface area contributed by atoms with Gasteiger partial charge in [0.15, 0.2) is 5.65 Å². The summed E-state index contributed by atoms with van der Waals surface area (Å²) in [6, 6.07) is 15.3. The van der Waals surface area contributed by atoms with Crippen LogP contribution in [0.1, 0.15) is 18.7 Å². The summed E-state index contributed by atoms with van der Waals surface area (Å²) in [4.78, 5) is 26.3. The van der Waals surface area contributed by atoms with Crippen molar-refractivity contribution in [1.82, 2.24) is 19.9 Å². The summed E-state index contributed by atoms with van der Waals surface area (Å²) in [6.45, 7) is 0.986. The lowest BCUT2D eigenvalue weighted by Gasteiger charge is -2.16. The van der Waals surface area contributed by atoms with Crippen LogP contribution < -0.4 is 10.2 Å². The first-order valence-electron chi connectivity index (χ1n) is 9.14. The zero-order chi connectivity index (χ0) is 18.6. The van der Waals surface area contributed by atoms with Crippen molar-refractivity contribution in [3.63, 3.8) is 0 Å². The largest absolute Gasteiger partial charge is 0.356 e. The maximum absolute atomic E-state index is 12.4. The molecule has 2 aromatic heterocycles. The summed E-state index contributed by atoms with van der Waals surface area (Å²) in [5, 5.41) is 11.3. The quantitative estimate of drug-likeness (QED) is 0.678. The van der Waals surface area contributed by atoms with Gasteiger partial charge in [0.1, 0.15) is 5.82 Å². The number of fused-ring (bicyclic) bond motifs is 1. The Morgan fingerprint density at radius 3 is 2.78 bits per heavy atom. The van der Waals surface area contributed by atoms with Gasteiger partial charge in [-0.15, -0.1) is 10.2 Å². The Bertz CT molecular complexity index is 953. The number of benzene rings is 1. The highest BCUT2D eigenvalue weighted by molar-refractivity contribution is 6.00. The third-order valence-electron chi connectivity index (χ3n) is 4.82. The average Bonchev–Trinajstić information content (AvgIpc) is 3.29. The van der Waals surface area contributed by atoms with Crippen molar-refractivity contribution < 1.29 is 9.59 Å². The summed E-state index contributed by atoms with van der Waals surface area (Å²) in [7, 11) is 0. The normalized spacial score (nSPS) is 16.8. The number of carbonyl (C=O) groups is 2. The topological polar surface area (TPSA) is 79.6 Å². The van der Waals surface area contributed by atoms with Crippen LogP contribution in [-0.4, -0.2) is 39.5 Å². The molecule has 0 saturated carbocycles. The zero-order valence-corrected chi connectivity index (χ0v) is 14.9. The Hall–Kier alpha value is -3.22. The molecule has 7 heteroatoms. The summed E-state index contributed by atoms with van der Waals surface area (Å²) >= 11 is 0. The number of carbonyl (C=O) groups excluding carboxylic acids is 2. The molecule has 3 aromatic rings. The Labute approximate surface area is 157 Å². The van der Waals surface area contributed by atoms with E-state index in [1.54, 1.807) is 4.90 Å². The van der Waals surface area contributed by atoms with Crippen molar-refractivity contribution >= 4 is 23.1 Å². The van der Waals surface area contributed by atoms with Gasteiger partial charge in [-0.2, -0.15) is 0 Å². The smallest absolute Gasteiger partial charge is 0.227 e. The van der Waals surface area contributed by atoms with E-state index in [4.69, 9.17) is 0 Å². The molecule has 3 heterocycles. The molecule has 4 rings (SSSR count). The lowest BCUT2D eigenvalue weighted by molar-refractivity contribution is -0.126. The second-order valence-electron chi connectivity index (χ2n) is 6.68. The van der Waals surface area contributed by atoms with E-state index in [0.717, 1.165) is 30.0 Å². The lowest BCUT2D eigenvalue weighted by atomic mass is 10.1. The van der Waals surface area contributed by atoms with Crippen molar-refractivity contribution in [2.24, 2.45) is 5.92 Å². The number of hydrogen-bond acceptors (Lipinski definition) is 4. The minimum atomic E-state index is -0.299. The van der Waals surface area contributed by atoms with E-state index < -0.39 is 0 Å². The number of hydrogen-bond donors (Lipinski definition) is 1. The number of para-hydroxylation sites is 1. The molecule has 2 amide bonds. The number of rotatable bonds is 6. The Balaban J connectivity index is 1.27. The van der Waals surface area contributed by atoms with Crippen LogP contribution in [0, 0.1) is 5.92 Å². The van der Waals surface area contributed by atoms with Gasteiger partial charge in [0, 0.05) is 37.8 Å². The van der Waals surface area contributed by atoms with Crippen molar-refractivity contribution in [1.29, 1.82) is 0 Å². The first kappa shape index (κ1) is 17.2. The standard InChI is InChI=1S/C20H21N5O2/c26-19-13-15(14-25(19)16-7-2-1-3-8-16)20(27)21-11-6-10-18-23-22-17-9-4-5-12-24(17)18/h1-5,7-9,12,15H,6,10-11,13-14H2,(H,21,27). The maximum atomic E-state index is 12.4. The summed E-state index contributed by atoms with van der Waals surface area (Å²) in [5.41, 5.74) is 1.67. The van der Waals surface area contributed by atoms with Crippen LogP contribution in [0.25, 0.3) is 5.65 Å². The molecule has 1 fully saturated rings. The van der Waals surface area contributed by atoms with Gasteiger partial charge in [-0.3, -0.25) is 14.0 Å². The van der Waals surface area contributed by atoms with Crippen LogP contribution in [-0.2, 0) is 16.0 Å². The van der Waals surface area contributed by atoms with Gasteiger partial charge in [-0.1, -0.05) is 24.3 Å². The van der Waals surface area contributed by atoms with Gasteiger partial charge in [0.05, 0.1) is 5.92 Å². The van der Waals surface area contributed by atoms with E-state index in [-0.39, 0.29) is 24.2 Å². The van der Waals surface area contributed by atoms with Crippen molar-refractivity contribution in [2.45, 2.75) is 19.3 Å². The lowest BCUT2D eigenvalue weighted by Crippen LogP contribution is -2.33. The second kappa shape index (κ2) is 7.57. The second-order valence-corrected chi connectivity index (χ2v) is 6.68.